The van der Waals surface area contributed by atoms with Gasteiger partial charge in [0.2, 0.25) is 0 Å². The molecule has 0 atom stereocenters. The lowest BCUT2D eigenvalue weighted by Crippen LogP contribution is -2.10. The van der Waals surface area contributed by atoms with Crippen LogP contribution in [-0.2, 0) is 14.6 Å². The molecule has 8 heteroatoms. The highest BCUT2D eigenvalue weighted by atomic mass is 32.2. The Hall–Kier alpha value is -1.05. The van der Waals surface area contributed by atoms with Crippen LogP contribution in [0, 0.1) is 0 Å². The monoisotopic (exact) mass is 204 g/mol. The van der Waals surface area contributed by atoms with Gasteiger partial charge in [-0.25, -0.2) is 8.42 Å². The Morgan fingerprint density at radius 3 is 1.58 bits per heavy atom. The van der Waals surface area contributed by atoms with Crippen LogP contribution in [0.1, 0.15) is 0 Å². The number of sulfone groups is 1. The molecule has 0 saturated heterocycles. The van der Waals surface area contributed by atoms with Crippen LogP contribution < -0.4 is 0 Å². The first-order valence-corrected chi connectivity index (χ1v) is 3.89. The van der Waals surface area contributed by atoms with Crippen molar-refractivity contribution < 1.29 is 30.7 Å². The molecular formula is C4F4O3S. The second-order valence-electron chi connectivity index (χ2n) is 1.70. The average molecular weight is 204 g/mol. The minimum atomic E-state index is -5.29. The molecule has 0 fully saturated rings. The van der Waals surface area contributed by atoms with E-state index in [1.165, 1.54) is 0 Å². The Morgan fingerprint density at radius 2 is 1.25 bits per heavy atom. The van der Waals surface area contributed by atoms with E-state index in [1.54, 1.807) is 0 Å². The topological polar surface area (TPSA) is 43.4 Å². The maximum absolute atomic E-state index is 12.1. The highest BCUT2D eigenvalue weighted by Gasteiger charge is 2.39. The van der Waals surface area contributed by atoms with Crippen molar-refractivity contribution in [1.29, 1.82) is 0 Å². The predicted molar refractivity (Wildman–Crippen MR) is 28.5 cm³/mol. The van der Waals surface area contributed by atoms with Gasteiger partial charge in [0.25, 0.3) is 20.2 Å². The van der Waals surface area contributed by atoms with Crippen LogP contribution in [0.3, 0.4) is 0 Å². The molecule has 0 unspecified atom stereocenters. The fourth-order valence-electron chi connectivity index (χ4n) is 0.449. The third-order valence-corrected chi connectivity index (χ3v) is 2.22. The second kappa shape index (κ2) is 2.47. The summed E-state index contributed by atoms with van der Waals surface area (Å²) >= 11 is 0. The molecule has 68 valence electrons. The molecule has 0 bridgehead atoms. The van der Waals surface area contributed by atoms with Crippen molar-refractivity contribution in [3.63, 3.8) is 0 Å². The van der Waals surface area contributed by atoms with E-state index < -0.39 is 32.2 Å². The van der Waals surface area contributed by atoms with Crippen molar-refractivity contribution >= 4 is 9.84 Å². The fourth-order valence-corrected chi connectivity index (χ4v) is 1.11. The lowest BCUT2D eigenvalue weighted by molar-refractivity contribution is 0.135. The summed E-state index contributed by atoms with van der Waals surface area (Å²) in [5.74, 6) is 0. The Morgan fingerprint density at radius 1 is 0.917 bits per heavy atom. The van der Waals surface area contributed by atoms with Crippen LogP contribution >= 0.6 is 0 Å². The van der Waals surface area contributed by atoms with E-state index in [-0.39, 0.29) is 0 Å². The molecule has 0 saturated carbocycles. The highest BCUT2D eigenvalue weighted by Crippen LogP contribution is 2.33. The first-order valence-electron chi connectivity index (χ1n) is 2.41. The summed E-state index contributed by atoms with van der Waals surface area (Å²) in [6, 6.07) is -4.62. The zero-order chi connectivity index (χ0) is 9.52. The lowest BCUT2D eigenvalue weighted by Gasteiger charge is -2.07. The maximum Gasteiger partial charge on any atom is 0.329 e. The van der Waals surface area contributed by atoms with Gasteiger partial charge in [0.15, 0.2) is 0 Å². The SMILES string of the molecule is O=S1(=O)C(F)=C(F)OC(F)=C1F. The molecule has 12 heavy (non-hydrogen) atoms. The minimum absolute atomic E-state index is 2.31. The van der Waals surface area contributed by atoms with E-state index in [9.17, 15) is 26.0 Å². The van der Waals surface area contributed by atoms with Gasteiger partial charge in [-0.2, -0.15) is 17.6 Å². The summed E-state index contributed by atoms with van der Waals surface area (Å²) in [6.07, 6.45) is 0. The summed E-state index contributed by atoms with van der Waals surface area (Å²) in [5.41, 5.74) is 0. The Balaban J connectivity index is 3.39. The number of ether oxygens (including phenoxy) is 1. The number of rotatable bonds is 0. The number of hydrogen-bond acceptors (Lipinski definition) is 3. The molecule has 0 aromatic heterocycles. The summed E-state index contributed by atoms with van der Waals surface area (Å²) in [5, 5.41) is -4.94. The first-order chi connectivity index (χ1) is 5.37. The van der Waals surface area contributed by atoms with Crippen LogP contribution in [0.25, 0.3) is 0 Å². The Labute approximate surface area is 63.9 Å². The zero-order valence-corrected chi connectivity index (χ0v) is 5.96. The maximum atomic E-state index is 12.1. The molecule has 0 aliphatic carbocycles. The summed E-state index contributed by atoms with van der Waals surface area (Å²) < 4.78 is 71.9. The van der Waals surface area contributed by atoms with Crippen molar-refractivity contribution in [2.45, 2.75) is 0 Å². The molecular weight excluding hydrogens is 204 g/mol. The van der Waals surface area contributed by atoms with Gasteiger partial charge in [0.1, 0.15) is 0 Å². The molecule has 1 aliphatic heterocycles. The summed E-state index contributed by atoms with van der Waals surface area (Å²) in [7, 11) is -5.29. The van der Waals surface area contributed by atoms with E-state index in [0.29, 0.717) is 0 Å². The molecule has 0 spiro atoms. The predicted octanol–water partition coefficient (Wildman–Crippen LogP) is 1.56. The fraction of sp³-hybridized carbons (Fsp3) is 0. The van der Waals surface area contributed by atoms with Crippen molar-refractivity contribution in [2.75, 3.05) is 0 Å². The van der Waals surface area contributed by atoms with Gasteiger partial charge < -0.3 is 4.74 Å². The van der Waals surface area contributed by atoms with Crippen LogP contribution in [0.5, 0.6) is 0 Å². The molecule has 1 heterocycles. The van der Waals surface area contributed by atoms with Crippen LogP contribution in [0.2, 0.25) is 0 Å². The van der Waals surface area contributed by atoms with Gasteiger partial charge in [-0.3, -0.25) is 0 Å². The first kappa shape index (κ1) is 9.04. The third kappa shape index (κ3) is 1.07. The molecule has 1 aliphatic rings. The summed E-state index contributed by atoms with van der Waals surface area (Å²) in [4.78, 5) is 0. The van der Waals surface area contributed by atoms with E-state index in [0.717, 1.165) is 0 Å². The van der Waals surface area contributed by atoms with E-state index in [1.807, 2.05) is 0 Å². The molecule has 3 nitrogen and oxygen atoms in total. The molecule has 0 radical (unpaired) electrons. The Bertz CT molecular complexity index is 349. The lowest BCUT2D eigenvalue weighted by atomic mass is 10.9. The Kier molecular flexibility index (Phi) is 1.86. The molecule has 0 aromatic carbocycles. The highest BCUT2D eigenvalue weighted by molar-refractivity contribution is 7.98. The molecule has 0 N–H and O–H groups in total. The van der Waals surface area contributed by atoms with E-state index >= 15 is 0 Å². The number of hydrogen-bond donors (Lipinski definition) is 0. The van der Waals surface area contributed by atoms with Crippen molar-refractivity contribution in [2.24, 2.45) is 0 Å². The van der Waals surface area contributed by atoms with Crippen LogP contribution in [0.15, 0.2) is 22.3 Å². The smallest absolute Gasteiger partial charge is 0.329 e. The largest absolute Gasteiger partial charge is 0.399 e. The number of halogens is 4. The zero-order valence-electron chi connectivity index (χ0n) is 5.14. The minimum Gasteiger partial charge on any atom is -0.399 e. The van der Waals surface area contributed by atoms with Crippen molar-refractivity contribution in [1.82, 2.24) is 0 Å². The van der Waals surface area contributed by atoms with E-state index in [4.69, 9.17) is 0 Å². The third-order valence-electron chi connectivity index (χ3n) is 0.960. The molecule has 0 aromatic rings. The van der Waals surface area contributed by atoms with Gasteiger partial charge in [0, 0.05) is 0 Å². The van der Waals surface area contributed by atoms with Crippen LogP contribution in [-0.4, -0.2) is 8.42 Å². The van der Waals surface area contributed by atoms with Gasteiger partial charge in [-0.05, 0) is 0 Å². The normalized spacial score (nSPS) is 22.7. The van der Waals surface area contributed by atoms with Crippen molar-refractivity contribution in [3.05, 3.63) is 22.3 Å². The molecule has 1 rings (SSSR count). The summed E-state index contributed by atoms with van der Waals surface area (Å²) in [6.45, 7) is 0. The van der Waals surface area contributed by atoms with Gasteiger partial charge in [-0.15, -0.1) is 0 Å². The standard InChI is InChI=1S/C4F4O3S/c5-1-3(7)12(9,10)4(8)2(6)11-1. The van der Waals surface area contributed by atoms with Gasteiger partial charge >= 0.3 is 12.0 Å². The quantitative estimate of drug-likeness (QED) is 0.562. The van der Waals surface area contributed by atoms with E-state index in [2.05, 4.69) is 4.74 Å². The average Bonchev–Trinajstić information content (AvgIpc) is 1.99. The second-order valence-corrected chi connectivity index (χ2v) is 3.42. The van der Waals surface area contributed by atoms with Gasteiger partial charge in [0.05, 0.1) is 0 Å². The van der Waals surface area contributed by atoms with Crippen molar-refractivity contribution in [3.8, 4) is 0 Å². The van der Waals surface area contributed by atoms with Crippen LogP contribution in [0.4, 0.5) is 17.6 Å². The van der Waals surface area contributed by atoms with Gasteiger partial charge in [-0.1, -0.05) is 0 Å². The molecule has 0 amide bonds.